The highest BCUT2D eigenvalue weighted by molar-refractivity contribution is 6.11. The van der Waals surface area contributed by atoms with Crippen molar-refractivity contribution in [3.8, 4) is 17.2 Å². The number of phenols is 1. The molecule has 0 saturated heterocycles. The van der Waals surface area contributed by atoms with Gasteiger partial charge in [-0.2, -0.15) is 0 Å². The molecule has 2 atom stereocenters. The molecule has 1 aliphatic heterocycles. The number of ketones is 1. The van der Waals surface area contributed by atoms with Crippen molar-refractivity contribution in [3.63, 3.8) is 0 Å². The largest absolute Gasteiger partial charge is 0.507 e. The quantitative estimate of drug-likeness (QED) is 0.508. The minimum atomic E-state index is -1.20. The van der Waals surface area contributed by atoms with Gasteiger partial charge >= 0.3 is 0 Å². The first-order valence-corrected chi connectivity index (χ1v) is 9.21. The number of allylic oxidation sites excluding steroid dienone is 1. The molecule has 0 fully saturated rings. The van der Waals surface area contributed by atoms with Crippen LogP contribution in [0.15, 0.2) is 72.8 Å². The van der Waals surface area contributed by atoms with Crippen molar-refractivity contribution in [3.05, 3.63) is 95.1 Å². The van der Waals surface area contributed by atoms with Gasteiger partial charge in [-0.1, -0.05) is 66.7 Å². The summed E-state index contributed by atoms with van der Waals surface area (Å²) >= 11 is 0. The smallest absolute Gasteiger partial charge is 0.208 e. The van der Waals surface area contributed by atoms with E-state index in [2.05, 4.69) is 0 Å². The third-order valence-corrected chi connectivity index (χ3v) is 4.95. The van der Waals surface area contributed by atoms with Crippen LogP contribution in [0.2, 0.25) is 0 Å². The minimum Gasteiger partial charge on any atom is -0.507 e. The summed E-state index contributed by atoms with van der Waals surface area (Å²) in [6.45, 7) is 0. The molecule has 2 unspecified atom stereocenters. The Balaban J connectivity index is 1.80. The van der Waals surface area contributed by atoms with Gasteiger partial charge in [-0.05, 0) is 17.2 Å². The summed E-state index contributed by atoms with van der Waals surface area (Å²) in [7, 11) is 1.47. The van der Waals surface area contributed by atoms with E-state index < -0.39 is 18.0 Å². The zero-order chi connectivity index (χ0) is 20.4. The van der Waals surface area contributed by atoms with Crippen LogP contribution in [-0.2, 0) is 0 Å². The average molecular weight is 388 g/mol. The van der Waals surface area contributed by atoms with Crippen LogP contribution in [0.4, 0.5) is 0 Å². The molecule has 5 heteroatoms. The van der Waals surface area contributed by atoms with Crippen LogP contribution in [0.5, 0.6) is 17.2 Å². The zero-order valence-corrected chi connectivity index (χ0v) is 15.8. The lowest BCUT2D eigenvalue weighted by molar-refractivity contribution is -0.0101. The number of hydrogen-bond acceptors (Lipinski definition) is 5. The highest BCUT2D eigenvalue weighted by atomic mass is 16.6. The highest BCUT2D eigenvalue weighted by Gasteiger charge is 2.40. The topological polar surface area (TPSA) is 76.0 Å². The van der Waals surface area contributed by atoms with E-state index in [0.29, 0.717) is 11.3 Å². The Morgan fingerprint density at radius 1 is 1.07 bits per heavy atom. The van der Waals surface area contributed by atoms with Crippen molar-refractivity contribution >= 4 is 11.9 Å². The normalized spacial score (nSPS) is 17.7. The number of carbonyl (C=O) groups excluding carboxylic acids is 1. The van der Waals surface area contributed by atoms with Gasteiger partial charge in [0.2, 0.25) is 6.29 Å². The van der Waals surface area contributed by atoms with Gasteiger partial charge in [-0.25, -0.2) is 0 Å². The molecule has 3 aromatic carbocycles. The fourth-order valence-electron chi connectivity index (χ4n) is 3.60. The molecule has 0 saturated carbocycles. The summed E-state index contributed by atoms with van der Waals surface area (Å²) in [6, 6.07) is 20.1. The van der Waals surface area contributed by atoms with Crippen LogP contribution >= 0.6 is 0 Å². The van der Waals surface area contributed by atoms with Crippen molar-refractivity contribution in [2.75, 3.05) is 7.11 Å². The summed E-state index contributed by atoms with van der Waals surface area (Å²) in [5.74, 6) is -0.723. The Kier molecular flexibility index (Phi) is 5.06. The Morgan fingerprint density at radius 3 is 2.38 bits per heavy atom. The third kappa shape index (κ3) is 3.48. The Labute approximate surface area is 168 Å². The molecule has 0 amide bonds. The molecule has 3 aromatic rings. The molecule has 0 radical (unpaired) electrons. The van der Waals surface area contributed by atoms with Gasteiger partial charge < -0.3 is 19.7 Å². The first-order valence-electron chi connectivity index (χ1n) is 9.21. The maximum atomic E-state index is 12.9. The van der Waals surface area contributed by atoms with Gasteiger partial charge in [-0.3, -0.25) is 4.79 Å². The summed E-state index contributed by atoms with van der Waals surface area (Å²) in [4.78, 5) is 12.9. The molecule has 0 bridgehead atoms. The molecule has 29 heavy (non-hydrogen) atoms. The number of aromatic hydroxyl groups is 1. The summed E-state index contributed by atoms with van der Waals surface area (Å²) < 4.78 is 11.1. The monoisotopic (exact) mass is 388 g/mol. The molecule has 4 rings (SSSR count). The van der Waals surface area contributed by atoms with E-state index in [1.807, 2.05) is 60.7 Å². The molecule has 0 aromatic heterocycles. The Hall–Kier alpha value is -3.57. The van der Waals surface area contributed by atoms with Crippen molar-refractivity contribution in [1.82, 2.24) is 0 Å². The Morgan fingerprint density at radius 2 is 1.72 bits per heavy atom. The predicted octanol–water partition coefficient (Wildman–Crippen LogP) is 4.14. The molecule has 146 valence electrons. The fraction of sp³-hybridized carbons (Fsp3) is 0.125. The maximum Gasteiger partial charge on any atom is 0.208 e. The van der Waals surface area contributed by atoms with E-state index in [4.69, 9.17) is 9.47 Å². The predicted molar refractivity (Wildman–Crippen MR) is 109 cm³/mol. The molecule has 5 nitrogen and oxygen atoms in total. The van der Waals surface area contributed by atoms with Crippen LogP contribution in [-0.4, -0.2) is 29.4 Å². The number of carbonyl (C=O) groups is 1. The first-order chi connectivity index (χ1) is 14.1. The van der Waals surface area contributed by atoms with E-state index in [1.54, 1.807) is 6.08 Å². The van der Waals surface area contributed by atoms with Crippen molar-refractivity contribution in [1.29, 1.82) is 0 Å². The summed E-state index contributed by atoms with van der Waals surface area (Å²) in [6.07, 6.45) is 1.84. The van der Waals surface area contributed by atoms with Crippen LogP contribution in [0.3, 0.4) is 0 Å². The van der Waals surface area contributed by atoms with E-state index in [1.165, 1.54) is 19.3 Å². The Bertz CT molecular complexity index is 1060. The zero-order valence-electron chi connectivity index (χ0n) is 15.8. The average Bonchev–Trinajstić information content (AvgIpc) is 3.09. The molecule has 2 N–H and O–H groups in total. The minimum absolute atomic E-state index is 0.00506. The lowest BCUT2D eigenvalue weighted by atomic mass is 9.89. The fourth-order valence-corrected chi connectivity index (χ4v) is 3.60. The van der Waals surface area contributed by atoms with E-state index in [-0.39, 0.29) is 17.1 Å². The van der Waals surface area contributed by atoms with Gasteiger partial charge in [0.15, 0.2) is 5.78 Å². The SMILES string of the molecule is COc1cc(O)c(C(=O)C=Cc2ccccc2)c2c1C(c1ccccc1)C(O)O2. The lowest BCUT2D eigenvalue weighted by Crippen LogP contribution is -2.18. The number of aliphatic hydroxyl groups is 1. The van der Waals surface area contributed by atoms with Crippen molar-refractivity contribution in [2.24, 2.45) is 0 Å². The van der Waals surface area contributed by atoms with E-state index >= 15 is 0 Å². The molecule has 0 aliphatic carbocycles. The molecule has 1 aliphatic rings. The number of methoxy groups -OCH3 is 1. The standard InChI is InChI=1S/C24H20O5/c1-28-19-14-18(26)21(17(25)13-12-15-8-4-2-5-9-15)23-22(19)20(24(27)29-23)16-10-6-3-7-11-16/h2-14,20,24,26-27H,1H3. The second-order valence-electron chi connectivity index (χ2n) is 6.72. The number of phenolic OH excluding ortho intramolecular Hbond substituents is 1. The van der Waals surface area contributed by atoms with Gasteiger partial charge in [-0.15, -0.1) is 0 Å². The summed E-state index contributed by atoms with van der Waals surface area (Å²) in [5.41, 5.74) is 2.22. The number of aliphatic hydroxyl groups excluding tert-OH is 1. The first kappa shape index (κ1) is 18.8. The molecule has 1 heterocycles. The van der Waals surface area contributed by atoms with Crippen LogP contribution in [0.1, 0.15) is 33.0 Å². The maximum absolute atomic E-state index is 12.9. The second-order valence-corrected chi connectivity index (χ2v) is 6.72. The molecular weight excluding hydrogens is 368 g/mol. The van der Waals surface area contributed by atoms with Gasteiger partial charge in [0.25, 0.3) is 0 Å². The van der Waals surface area contributed by atoms with Gasteiger partial charge in [0, 0.05) is 6.07 Å². The van der Waals surface area contributed by atoms with Gasteiger partial charge in [0.1, 0.15) is 22.8 Å². The third-order valence-electron chi connectivity index (χ3n) is 4.95. The van der Waals surface area contributed by atoms with Crippen LogP contribution in [0.25, 0.3) is 6.08 Å². The highest BCUT2D eigenvalue weighted by Crippen LogP contribution is 2.51. The van der Waals surface area contributed by atoms with Crippen LogP contribution < -0.4 is 9.47 Å². The number of benzene rings is 3. The van der Waals surface area contributed by atoms with E-state index in [0.717, 1.165) is 11.1 Å². The van der Waals surface area contributed by atoms with E-state index in [9.17, 15) is 15.0 Å². The molecular formula is C24H20O5. The number of fused-ring (bicyclic) bond motifs is 1. The lowest BCUT2D eigenvalue weighted by Gasteiger charge is -2.16. The number of ether oxygens (including phenoxy) is 2. The second kappa shape index (κ2) is 7.81. The van der Waals surface area contributed by atoms with Crippen LogP contribution in [0, 0.1) is 0 Å². The van der Waals surface area contributed by atoms with Crippen molar-refractivity contribution in [2.45, 2.75) is 12.2 Å². The molecule has 0 spiro atoms. The number of hydrogen-bond donors (Lipinski definition) is 2. The van der Waals surface area contributed by atoms with Crippen molar-refractivity contribution < 1.29 is 24.5 Å². The number of rotatable bonds is 5. The summed E-state index contributed by atoms with van der Waals surface area (Å²) in [5, 5.41) is 21.1. The van der Waals surface area contributed by atoms with Gasteiger partial charge in [0.05, 0.1) is 18.6 Å².